The third kappa shape index (κ3) is 5.40. The van der Waals surface area contributed by atoms with Gasteiger partial charge >= 0.3 is 6.18 Å². The van der Waals surface area contributed by atoms with Gasteiger partial charge in [-0.05, 0) is 64.5 Å². The number of alkyl halides is 3. The summed E-state index contributed by atoms with van der Waals surface area (Å²) in [5, 5.41) is 11.2. The Kier molecular flexibility index (Phi) is 7.12. The van der Waals surface area contributed by atoms with E-state index in [0.717, 1.165) is 12.1 Å². The molecule has 8 nitrogen and oxygen atoms in total. The van der Waals surface area contributed by atoms with Gasteiger partial charge in [0.15, 0.2) is 5.82 Å². The molecule has 0 amide bonds. The van der Waals surface area contributed by atoms with Crippen LogP contribution in [0.3, 0.4) is 0 Å². The van der Waals surface area contributed by atoms with Crippen LogP contribution in [0.15, 0.2) is 65.6 Å². The topological polar surface area (TPSA) is 99.0 Å². The van der Waals surface area contributed by atoms with E-state index in [0.29, 0.717) is 23.2 Å². The molecule has 0 aliphatic rings. The van der Waals surface area contributed by atoms with Gasteiger partial charge < -0.3 is 4.74 Å². The monoisotopic (exact) mass is 557 g/mol. The lowest BCUT2D eigenvalue weighted by atomic mass is 10.1. The zero-order valence-corrected chi connectivity index (χ0v) is 20.6. The van der Waals surface area contributed by atoms with Crippen LogP contribution in [0.4, 0.5) is 18.9 Å². The molecule has 1 N–H and O–H groups in total. The van der Waals surface area contributed by atoms with E-state index < -0.39 is 21.8 Å². The molecule has 0 radical (unpaired) electrons. The maximum Gasteiger partial charge on any atom is 0.416 e. The number of nitrogens with zero attached hydrogens (tertiary/aromatic N) is 4. The van der Waals surface area contributed by atoms with Gasteiger partial charge in [-0.1, -0.05) is 35.3 Å². The number of ether oxygens (including phenoxy) is 1. The molecule has 0 atom stereocenters. The molecule has 188 valence electrons. The Morgan fingerprint density at radius 1 is 1.06 bits per heavy atom. The van der Waals surface area contributed by atoms with Crippen LogP contribution in [0.5, 0.6) is 5.75 Å². The van der Waals surface area contributed by atoms with Gasteiger partial charge in [-0.3, -0.25) is 4.72 Å². The number of nitrogens with one attached hydrogen (secondary N) is 1. The standard InChI is InChI=1S/C22H16Cl2F3N5O3S/c1-35-16-9-6-13(7-10-16)21-28-30-31-32(21)12-14-5-8-15(22(25,26)27)11-18(14)29-36(33,34)19-4-2-3-17(23)20(19)24/h2-11,29H,12H2,1H3. The largest absolute Gasteiger partial charge is 0.497 e. The molecule has 1 heterocycles. The molecule has 0 fully saturated rings. The molecule has 3 aromatic carbocycles. The van der Waals surface area contributed by atoms with Gasteiger partial charge in [0, 0.05) is 5.56 Å². The number of sulfonamides is 1. The molecule has 36 heavy (non-hydrogen) atoms. The Balaban J connectivity index is 1.75. The van der Waals surface area contributed by atoms with Crippen molar-refractivity contribution in [3.63, 3.8) is 0 Å². The van der Waals surface area contributed by atoms with E-state index in [4.69, 9.17) is 27.9 Å². The molecule has 0 saturated carbocycles. The zero-order chi connectivity index (χ0) is 26.1. The van der Waals surface area contributed by atoms with Gasteiger partial charge in [-0.15, -0.1) is 5.10 Å². The van der Waals surface area contributed by atoms with Gasteiger partial charge in [0.1, 0.15) is 10.6 Å². The van der Waals surface area contributed by atoms with Gasteiger partial charge in [0.25, 0.3) is 10.0 Å². The summed E-state index contributed by atoms with van der Waals surface area (Å²) in [7, 11) is -2.89. The van der Waals surface area contributed by atoms with E-state index in [9.17, 15) is 21.6 Å². The Hall–Kier alpha value is -3.35. The first-order valence-corrected chi connectivity index (χ1v) is 12.3. The minimum atomic E-state index is -4.71. The Morgan fingerprint density at radius 3 is 2.44 bits per heavy atom. The van der Waals surface area contributed by atoms with E-state index in [1.165, 1.54) is 30.0 Å². The lowest BCUT2D eigenvalue weighted by Gasteiger charge is -2.17. The first kappa shape index (κ1) is 25.7. The van der Waals surface area contributed by atoms with E-state index in [2.05, 4.69) is 20.2 Å². The van der Waals surface area contributed by atoms with Crippen LogP contribution < -0.4 is 9.46 Å². The zero-order valence-electron chi connectivity index (χ0n) is 18.3. The summed E-state index contributed by atoms with van der Waals surface area (Å²) in [4.78, 5) is -0.388. The fourth-order valence-corrected chi connectivity index (χ4v) is 5.15. The van der Waals surface area contributed by atoms with E-state index >= 15 is 0 Å². The highest BCUT2D eigenvalue weighted by Gasteiger charge is 2.32. The van der Waals surface area contributed by atoms with Gasteiger partial charge in [-0.2, -0.15) is 13.2 Å². The summed E-state index contributed by atoms with van der Waals surface area (Å²) < 4.78 is 75.1. The lowest BCUT2D eigenvalue weighted by Crippen LogP contribution is -2.17. The number of methoxy groups -OCH3 is 1. The van der Waals surface area contributed by atoms with Crippen LogP contribution in [0.2, 0.25) is 10.0 Å². The van der Waals surface area contributed by atoms with Crippen molar-refractivity contribution in [1.82, 2.24) is 20.2 Å². The molecule has 0 spiro atoms. The number of hydrogen-bond acceptors (Lipinski definition) is 6. The fourth-order valence-electron chi connectivity index (χ4n) is 3.30. The number of rotatable bonds is 7. The summed E-state index contributed by atoms with van der Waals surface area (Å²) in [6.45, 7) is -0.145. The minimum absolute atomic E-state index is 0.0263. The second-order valence-corrected chi connectivity index (χ2v) is 9.85. The van der Waals surface area contributed by atoms with Gasteiger partial charge in [-0.25, -0.2) is 13.1 Å². The van der Waals surface area contributed by atoms with E-state index in [-0.39, 0.29) is 32.7 Å². The van der Waals surface area contributed by atoms with Crippen LogP contribution in [-0.4, -0.2) is 35.7 Å². The SMILES string of the molecule is COc1ccc(-c2nnnn2Cc2ccc(C(F)(F)F)cc2NS(=O)(=O)c2cccc(Cl)c2Cl)cc1. The molecule has 1 aromatic heterocycles. The predicted octanol–water partition coefficient (Wildman–Crippen LogP) is 5.52. The number of tetrazole rings is 1. The van der Waals surface area contributed by atoms with Crippen molar-refractivity contribution in [2.45, 2.75) is 17.6 Å². The summed E-state index contributed by atoms with van der Waals surface area (Å²) in [5.41, 5.74) is -0.586. The summed E-state index contributed by atoms with van der Waals surface area (Å²) in [6, 6.07) is 13.4. The van der Waals surface area contributed by atoms with Crippen LogP contribution >= 0.6 is 23.2 Å². The number of anilines is 1. The molecular weight excluding hydrogens is 542 g/mol. The second kappa shape index (κ2) is 9.96. The van der Waals surface area contributed by atoms with Crippen LogP contribution in [0.25, 0.3) is 11.4 Å². The predicted molar refractivity (Wildman–Crippen MR) is 128 cm³/mol. The molecule has 4 aromatic rings. The molecule has 0 aliphatic heterocycles. The van der Waals surface area contributed by atoms with Crippen molar-refractivity contribution in [3.05, 3.63) is 81.8 Å². The molecule has 0 unspecified atom stereocenters. The first-order chi connectivity index (χ1) is 17.0. The van der Waals surface area contributed by atoms with Gasteiger partial charge in [0.2, 0.25) is 0 Å². The quantitative estimate of drug-likeness (QED) is 0.321. The number of hydrogen-bond donors (Lipinski definition) is 1. The maximum absolute atomic E-state index is 13.4. The Bertz CT molecular complexity index is 1510. The number of halogens is 5. The normalized spacial score (nSPS) is 11.9. The summed E-state index contributed by atoms with van der Waals surface area (Å²) in [5.74, 6) is 0.918. The molecule has 0 aliphatic carbocycles. The average Bonchev–Trinajstić information content (AvgIpc) is 3.29. The average molecular weight is 558 g/mol. The third-order valence-corrected chi connectivity index (χ3v) is 7.43. The van der Waals surface area contributed by atoms with Crippen molar-refractivity contribution in [2.24, 2.45) is 0 Å². The molecule has 0 bridgehead atoms. The van der Waals surface area contributed by atoms with Crippen molar-refractivity contribution in [1.29, 1.82) is 0 Å². The van der Waals surface area contributed by atoms with Crippen molar-refractivity contribution in [3.8, 4) is 17.1 Å². The summed E-state index contributed by atoms with van der Waals surface area (Å²) >= 11 is 12.0. The van der Waals surface area contributed by atoms with E-state index in [1.807, 2.05) is 0 Å². The molecule has 4 rings (SSSR count). The van der Waals surface area contributed by atoms with Crippen molar-refractivity contribution in [2.75, 3.05) is 11.8 Å². The maximum atomic E-state index is 13.4. The van der Waals surface area contributed by atoms with Crippen molar-refractivity contribution < 1.29 is 26.3 Å². The third-order valence-electron chi connectivity index (χ3n) is 5.09. The smallest absolute Gasteiger partial charge is 0.416 e. The first-order valence-electron chi connectivity index (χ1n) is 10.1. The highest BCUT2D eigenvalue weighted by Crippen LogP contribution is 2.35. The number of aromatic nitrogens is 4. The molecule has 0 saturated heterocycles. The summed E-state index contributed by atoms with van der Waals surface area (Å²) in [6.07, 6.45) is -4.71. The highest BCUT2D eigenvalue weighted by atomic mass is 35.5. The van der Waals surface area contributed by atoms with E-state index in [1.54, 1.807) is 24.3 Å². The van der Waals surface area contributed by atoms with Crippen LogP contribution in [-0.2, 0) is 22.7 Å². The molecular formula is C22H16Cl2F3N5O3S. The fraction of sp³-hybridized carbons (Fsp3) is 0.136. The minimum Gasteiger partial charge on any atom is -0.497 e. The lowest BCUT2D eigenvalue weighted by molar-refractivity contribution is -0.137. The van der Waals surface area contributed by atoms with Crippen molar-refractivity contribution >= 4 is 38.9 Å². The van der Waals surface area contributed by atoms with Crippen LogP contribution in [0.1, 0.15) is 11.1 Å². The van der Waals surface area contributed by atoms with Crippen LogP contribution in [0, 0.1) is 0 Å². The Labute approximate surface area is 213 Å². The van der Waals surface area contributed by atoms with Gasteiger partial charge in [0.05, 0.1) is 35.0 Å². The number of benzene rings is 3. The second-order valence-electron chi connectivity index (χ2n) is 7.42. The Morgan fingerprint density at radius 2 is 1.78 bits per heavy atom. The molecule has 14 heteroatoms. The highest BCUT2D eigenvalue weighted by molar-refractivity contribution is 7.92.